The molecule has 2 aromatic carbocycles. The number of benzene rings is 2. The van der Waals surface area contributed by atoms with Gasteiger partial charge in [0.2, 0.25) is 11.8 Å². The molecule has 3 rings (SSSR count). The zero-order chi connectivity index (χ0) is 21.0. The Morgan fingerprint density at radius 2 is 1.90 bits per heavy atom. The van der Waals surface area contributed by atoms with E-state index in [9.17, 15) is 14.4 Å². The topological polar surface area (TPSA) is 90.5 Å². The summed E-state index contributed by atoms with van der Waals surface area (Å²) in [6.07, 6.45) is 1.41. The lowest BCUT2D eigenvalue weighted by atomic mass is 10.1. The van der Waals surface area contributed by atoms with Crippen LogP contribution in [0.4, 0.5) is 21.9 Å². The Balaban J connectivity index is 1.57. The number of aryl methyl sites for hydroxylation is 2. The highest BCUT2D eigenvalue weighted by atomic mass is 16.2. The molecule has 1 aliphatic rings. The lowest BCUT2D eigenvalue weighted by molar-refractivity contribution is -0.120. The highest BCUT2D eigenvalue weighted by molar-refractivity contribution is 6.03. The van der Waals surface area contributed by atoms with E-state index in [1.165, 1.54) is 0 Å². The molecule has 0 aromatic heterocycles. The Kier molecular flexibility index (Phi) is 6.16. The summed E-state index contributed by atoms with van der Waals surface area (Å²) in [6.45, 7) is 6.25. The van der Waals surface area contributed by atoms with E-state index in [4.69, 9.17) is 0 Å². The number of hydrogen-bond acceptors (Lipinski definition) is 4. The molecule has 1 fully saturated rings. The maximum Gasteiger partial charge on any atom is 0.325 e. The van der Waals surface area contributed by atoms with Crippen molar-refractivity contribution in [2.45, 2.75) is 39.7 Å². The molecular formula is C22H26N4O3. The number of amides is 4. The quantitative estimate of drug-likeness (QED) is 0.723. The van der Waals surface area contributed by atoms with Crippen LogP contribution in [0.5, 0.6) is 0 Å². The van der Waals surface area contributed by atoms with E-state index < -0.39 is 18.0 Å². The molecule has 1 saturated heterocycles. The summed E-state index contributed by atoms with van der Waals surface area (Å²) >= 11 is 0. The van der Waals surface area contributed by atoms with Gasteiger partial charge in [0.15, 0.2) is 0 Å². The molecule has 0 bridgehead atoms. The van der Waals surface area contributed by atoms with Crippen LogP contribution in [0.2, 0.25) is 0 Å². The molecule has 0 aliphatic carbocycles. The number of imide groups is 1. The number of rotatable bonds is 5. The van der Waals surface area contributed by atoms with Gasteiger partial charge in [0.1, 0.15) is 6.04 Å². The molecule has 0 saturated carbocycles. The third-order valence-corrected chi connectivity index (χ3v) is 4.87. The first kappa shape index (κ1) is 20.4. The maximum atomic E-state index is 12.4. The molecule has 0 spiro atoms. The predicted octanol–water partition coefficient (Wildman–Crippen LogP) is 3.58. The van der Waals surface area contributed by atoms with Gasteiger partial charge in [-0.3, -0.25) is 14.9 Å². The van der Waals surface area contributed by atoms with Gasteiger partial charge in [-0.15, -0.1) is 0 Å². The van der Waals surface area contributed by atoms with Gasteiger partial charge in [-0.2, -0.15) is 0 Å². The first-order valence-electron chi connectivity index (χ1n) is 9.69. The van der Waals surface area contributed by atoms with E-state index >= 15 is 0 Å². The Labute approximate surface area is 170 Å². The van der Waals surface area contributed by atoms with Crippen LogP contribution in [-0.2, 0) is 9.59 Å². The standard InChI is InChI=1S/C22H26N4O3/c1-14-9-10-19(15(2)12-14)24-22(29)25-21(28)16(3)23-17-6-4-7-18(13-17)26-11-5-8-20(26)27/h4,6-7,9-10,12-13,16,23H,5,8,11H2,1-3H3,(H2,24,25,28,29). The van der Waals surface area contributed by atoms with Crippen LogP contribution in [0, 0.1) is 13.8 Å². The summed E-state index contributed by atoms with van der Waals surface area (Å²) in [5, 5.41) is 8.12. The molecule has 1 atom stereocenters. The van der Waals surface area contributed by atoms with E-state index in [0.717, 1.165) is 23.2 Å². The number of hydrogen-bond donors (Lipinski definition) is 3. The Bertz CT molecular complexity index is 941. The second-order valence-corrected chi connectivity index (χ2v) is 7.33. The summed E-state index contributed by atoms with van der Waals surface area (Å²) in [5.74, 6) is -0.342. The van der Waals surface area contributed by atoms with Crippen molar-refractivity contribution in [1.82, 2.24) is 5.32 Å². The second kappa shape index (κ2) is 8.77. The fraction of sp³-hybridized carbons (Fsp3) is 0.318. The van der Waals surface area contributed by atoms with Gasteiger partial charge in [0.25, 0.3) is 0 Å². The Morgan fingerprint density at radius 3 is 2.59 bits per heavy atom. The zero-order valence-electron chi connectivity index (χ0n) is 16.9. The minimum atomic E-state index is -0.635. The smallest absolute Gasteiger partial charge is 0.325 e. The lowest BCUT2D eigenvalue weighted by Crippen LogP contribution is -2.43. The molecule has 7 nitrogen and oxygen atoms in total. The number of nitrogens with zero attached hydrogens (tertiary/aromatic N) is 1. The molecule has 3 N–H and O–H groups in total. The fourth-order valence-electron chi connectivity index (χ4n) is 3.33. The molecule has 4 amide bonds. The molecule has 1 unspecified atom stereocenters. The largest absolute Gasteiger partial charge is 0.374 e. The molecule has 29 heavy (non-hydrogen) atoms. The SMILES string of the molecule is Cc1ccc(NC(=O)NC(=O)C(C)Nc2cccc(N3CCCC3=O)c2)c(C)c1. The van der Waals surface area contributed by atoms with E-state index in [1.54, 1.807) is 11.8 Å². The van der Waals surface area contributed by atoms with E-state index in [-0.39, 0.29) is 5.91 Å². The highest BCUT2D eigenvalue weighted by Crippen LogP contribution is 2.24. The number of anilines is 3. The van der Waals surface area contributed by atoms with Crippen molar-refractivity contribution in [3.05, 3.63) is 53.6 Å². The number of urea groups is 1. The second-order valence-electron chi connectivity index (χ2n) is 7.33. The van der Waals surface area contributed by atoms with Crippen LogP contribution in [0.1, 0.15) is 30.9 Å². The van der Waals surface area contributed by atoms with Gasteiger partial charge >= 0.3 is 6.03 Å². The van der Waals surface area contributed by atoms with Gasteiger partial charge in [-0.05, 0) is 57.0 Å². The zero-order valence-corrected chi connectivity index (χ0v) is 16.9. The lowest BCUT2D eigenvalue weighted by Gasteiger charge is -2.19. The molecule has 1 heterocycles. The highest BCUT2D eigenvalue weighted by Gasteiger charge is 2.22. The Hall–Kier alpha value is -3.35. The minimum Gasteiger partial charge on any atom is -0.374 e. The van der Waals surface area contributed by atoms with Crippen molar-refractivity contribution in [2.24, 2.45) is 0 Å². The average Bonchev–Trinajstić information content (AvgIpc) is 3.10. The molecule has 2 aromatic rings. The summed E-state index contributed by atoms with van der Waals surface area (Å²) < 4.78 is 0. The van der Waals surface area contributed by atoms with Gasteiger partial charge in [0.05, 0.1) is 0 Å². The van der Waals surface area contributed by atoms with Crippen LogP contribution >= 0.6 is 0 Å². The number of carbonyl (C=O) groups is 3. The first-order chi connectivity index (χ1) is 13.8. The maximum absolute atomic E-state index is 12.4. The predicted molar refractivity (Wildman–Crippen MR) is 114 cm³/mol. The van der Waals surface area contributed by atoms with Crippen LogP contribution in [0.3, 0.4) is 0 Å². The number of carbonyl (C=O) groups excluding carboxylic acids is 3. The van der Waals surface area contributed by atoms with Crippen LogP contribution in [0.25, 0.3) is 0 Å². The van der Waals surface area contributed by atoms with E-state index in [2.05, 4.69) is 16.0 Å². The normalized spacial score (nSPS) is 14.4. The van der Waals surface area contributed by atoms with Crippen molar-refractivity contribution >= 4 is 34.9 Å². The van der Waals surface area contributed by atoms with Crippen molar-refractivity contribution in [3.8, 4) is 0 Å². The van der Waals surface area contributed by atoms with Crippen LogP contribution in [-0.4, -0.2) is 30.4 Å². The van der Waals surface area contributed by atoms with Crippen molar-refractivity contribution in [1.29, 1.82) is 0 Å². The third kappa shape index (κ3) is 5.13. The van der Waals surface area contributed by atoms with Gasteiger partial charge < -0.3 is 15.5 Å². The third-order valence-electron chi connectivity index (χ3n) is 4.87. The summed E-state index contributed by atoms with van der Waals surface area (Å²) in [7, 11) is 0. The monoisotopic (exact) mass is 394 g/mol. The van der Waals surface area contributed by atoms with Crippen molar-refractivity contribution < 1.29 is 14.4 Å². The Morgan fingerprint density at radius 1 is 1.10 bits per heavy atom. The molecule has 1 aliphatic heterocycles. The minimum absolute atomic E-state index is 0.107. The summed E-state index contributed by atoms with van der Waals surface area (Å²) in [6, 6.07) is 11.8. The van der Waals surface area contributed by atoms with Crippen LogP contribution in [0.15, 0.2) is 42.5 Å². The number of nitrogens with one attached hydrogen (secondary N) is 3. The molecule has 0 radical (unpaired) electrons. The van der Waals surface area contributed by atoms with Gasteiger partial charge in [-0.25, -0.2) is 4.79 Å². The average molecular weight is 394 g/mol. The molecular weight excluding hydrogens is 368 g/mol. The van der Waals surface area contributed by atoms with Crippen LogP contribution < -0.4 is 20.9 Å². The first-order valence-corrected chi connectivity index (χ1v) is 9.69. The fourth-order valence-corrected chi connectivity index (χ4v) is 3.33. The van der Waals surface area contributed by atoms with Gasteiger partial charge in [0, 0.05) is 30.0 Å². The summed E-state index contributed by atoms with van der Waals surface area (Å²) in [5.41, 5.74) is 4.19. The summed E-state index contributed by atoms with van der Waals surface area (Å²) in [4.78, 5) is 38.2. The van der Waals surface area contributed by atoms with E-state index in [0.29, 0.717) is 24.3 Å². The molecule has 152 valence electrons. The molecule has 7 heteroatoms. The van der Waals surface area contributed by atoms with E-state index in [1.807, 2.05) is 56.3 Å². The van der Waals surface area contributed by atoms with Gasteiger partial charge in [-0.1, -0.05) is 23.8 Å². The van der Waals surface area contributed by atoms with Crippen molar-refractivity contribution in [2.75, 3.05) is 22.1 Å². The van der Waals surface area contributed by atoms with Crippen molar-refractivity contribution in [3.63, 3.8) is 0 Å².